The van der Waals surface area contributed by atoms with Crippen LogP contribution in [0.5, 0.6) is 0 Å². The van der Waals surface area contributed by atoms with E-state index in [0.717, 1.165) is 16.8 Å². The number of amides is 1. The Hall–Kier alpha value is -4.10. The van der Waals surface area contributed by atoms with Crippen LogP contribution in [0.1, 0.15) is 12.7 Å². The molecule has 0 saturated carbocycles. The van der Waals surface area contributed by atoms with Gasteiger partial charge in [-0.05, 0) is 42.8 Å². The SMILES string of the molecule is CC(Sc1nc2ccccc2c(=O)n1Cc1ccco1)C(=O)Nc1ccccc1-c1ccccc1. The van der Waals surface area contributed by atoms with Crippen LogP contribution in [0.15, 0.2) is 112 Å². The number of thioether (sulfide) groups is 1. The lowest BCUT2D eigenvalue weighted by atomic mass is 10.0. The van der Waals surface area contributed by atoms with Gasteiger partial charge < -0.3 is 9.73 Å². The van der Waals surface area contributed by atoms with E-state index in [-0.39, 0.29) is 18.0 Å². The van der Waals surface area contributed by atoms with Gasteiger partial charge in [-0.15, -0.1) is 0 Å². The van der Waals surface area contributed by atoms with Gasteiger partial charge in [0.15, 0.2) is 5.16 Å². The van der Waals surface area contributed by atoms with Crippen molar-refractivity contribution in [1.82, 2.24) is 9.55 Å². The summed E-state index contributed by atoms with van der Waals surface area (Å²) in [5, 5.41) is 3.53. The summed E-state index contributed by atoms with van der Waals surface area (Å²) in [6.07, 6.45) is 1.57. The Labute approximate surface area is 206 Å². The average molecular weight is 482 g/mol. The van der Waals surface area contributed by atoms with Crippen molar-refractivity contribution in [3.63, 3.8) is 0 Å². The average Bonchev–Trinajstić information content (AvgIpc) is 3.40. The van der Waals surface area contributed by atoms with Crippen LogP contribution >= 0.6 is 11.8 Å². The lowest BCUT2D eigenvalue weighted by molar-refractivity contribution is -0.115. The van der Waals surface area contributed by atoms with Crippen LogP contribution in [0.3, 0.4) is 0 Å². The van der Waals surface area contributed by atoms with E-state index in [0.29, 0.717) is 21.8 Å². The smallest absolute Gasteiger partial charge is 0.262 e. The van der Waals surface area contributed by atoms with Gasteiger partial charge in [0.25, 0.3) is 5.56 Å². The van der Waals surface area contributed by atoms with Gasteiger partial charge in [0.1, 0.15) is 5.76 Å². The van der Waals surface area contributed by atoms with E-state index in [9.17, 15) is 9.59 Å². The number of hydrogen-bond donors (Lipinski definition) is 1. The summed E-state index contributed by atoms with van der Waals surface area (Å²) in [5.41, 5.74) is 3.12. The first kappa shape index (κ1) is 22.7. The zero-order valence-corrected chi connectivity index (χ0v) is 19.9. The molecule has 5 rings (SSSR count). The first-order valence-corrected chi connectivity index (χ1v) is 12.1. The molecule has 3 aromatic carbocycles. The van der Waals surface area contributed by atoms with Crippen LogP contribution < -0.4 is 10.9 Å². The molecule has 0 aliphatic rings. The first-order valence-electron chi connectivity index (χ1n) is 11.2. The Bertz CT molecular complexity index is 1530. The maximum absolute atomic E-state index is 13.3. The maximum Gasteiger partial charge on any atom is 0.262 e. The second-order valence-electron chi connectivity index (χ2n) is 8.04. The molecule has 0 radical (unpaired) electrons. The number of benzene rings is 3. The summed E-state index contributed by atoms with van der Waals surface area (Å²) >= 11 is 1.25. The Balaban J connectivity index is 1.44. The zero-order valence-electron chi connectivity index (χ0n) is 19.0. The first-order chi connectivity index (χ1) is 17.1. The van der Waals surface area contributed by atoms with Crippen LogP contribution in [0.2, 0.25) is 0 Å². The van der Waals surface area contributed by atoms with Crippen molar-refractivity contribution in [2.24, 2.45) is 0 Å². The number of hydrogen-bond acceptors (Lipinski definition) is 5. The highest BCUT2D eigenvalue weighted by Gasteiger charge is 2.21. The number of carbonyl (C=O) groups is 1. The monoisotopic (exact) mass is 481 g/mol. The van der Waals surface area contributed by atoms with Gasteiger partial charge in [-0.25, -0.2) is 4.98 Å². The van der Waals surface area contributed by atoms with Gasteiger partial charge in [0.2, 0.25) is 5.91 Å². The molecule has 2 heterocycles. The van der Waals surface area contributed by atoms with Crippen LogP contribution in [0.4, 0.5) is 5.69 Å². The summed E-state index contributed by atoms with van der Waals surface area (Å²) < 4.78 is 7.03. The number of aromatic nitrogens is 2. The van der Waals surface area contributed by atoms with Crippen molar-refractivity contribution in [3.05, 3.63) is 113 Å². The molecule has 7 heteroatoms. The van der Waals surface area contributed by atoms with E-state index in [1.54, 1.807) is 29.0 Å². The van der Waals surface area contributed by atoms with Crippen molar-refractivity contribution >= 4 is 34.3 Å². The molecule has 174 valence electrons. The van der Waals surface area contributed by atoms with E-state index >= 15 is 0 Å². The van der Waals surface area contributed by atoms with Crippen LogP contribution in [0, 0.1) is 0 Å². The molecule has 1 unspecified atom stereocenters. The number of furan rings is 1. The molecule has 2 aromatic heterocycles. The number of fused-ring (bicyclic) bond motifs is 1. The highest BCUT2D eigenvalue weighted by Crippen LogP contribution is 2.29. The molecule has 5 aromatic rings. The summed E-state index contributed by atoms with van der Waals surface area (Å²) in [7, 11) is 0. The van der Waals surface area contributed by atoms with Crippen molar-refractivity contribution < 1.29 is 9.21 Å². The van der Waals surface area contributed by atoms with E-state index < -0.39 is 5.25 Å². The highest BCUT2D eigenvalue weighted by molar-refractivity contribution is 8.00. The number of nitrogens with one attached hydrogen (secondary N) is 1. The molecule has 1 N–H and O–H groups in total. The van der Waals surface area contributed by atoms with E-state index in [2.05, 4.69) is 5.32 Å². The molecular formula is C28H23N3O3S. The van der Waals surface area contributed by atoms with E-state index in [1.807, 2.05) is 79.7 Å². The van der Waals surface area contributed by atoms with Crippen molar-refractivity contribution in [1.29, 1.82) is 0 Å². The normalized spacial score (nSPS) is 11.9. The van der Waals surface area contributed by atoms with Crippen LogP contribution in [-0.2, 0) is 11.3 Å². The predicted octanol–water partition coefficient (Wildman–Crippen LogP) is 5.82. The Kier molecular flexibility index (Phi) is 6.50. The second-order valence-corrected chi connectivity index (χ2v) is 9.35. The molecule has 0 saturated heterocycles. The summed E-state index contributed by atoms with van der Waals surface area (Å²) in [4.78, 5) is 31.2. The summed E-state index contributed by atoms with van der Waals surface area (Å²) in [6.45, 7) is 2.04. The van der Waals surface area contributed by atoms with Gasteiger partial charge in [-0.2, -0.15) is 0 Å². The third-order valence-electron chi connectivity index (χ3n) is 5.64. The van der Waals surface area contributed by atoms with Gasteiger partial charge in [0.05, 0.1) is 29.0 Å². The Morgan fingerprint density at radius 3 is 2.51 bits per heavy atom. The van der Waals surface area contributed by atoms with Crippen molar-refractivity contribution in [2.75, 3.05) is 5.32 Å². The van der Waals surface area contributed by atoms with E-state index in [4.69, 9.17) is 9.40 Å². The fourth-order valence-corrected chi connectivity index (χ4v) is 4.75. The Morgan fingerprint density at radius 2 is 1.71 bits per heavy atom. The maximum atomic E-state index is 13.3. The lowest BCUT2D eigenvalue weighted by Crippen LogP contribution is -2.27. The largest absolute Gasteiger partial charge is 0.467 e. The highest BCUT2D eigenvalue weighted by atomic mass is 32.2. The van der Waals surface area contributed by atoms with Gasteiger partial charge in [-0.1, -0.05) is 72.4 Å². The fraction of sp³-hybridized carbons (Fsp3) is 0.107. The van der Waals surface area contributed by atoms with Crippen molar-refractivity contribution in [2.45, 2.75) is 23.9 Å². The molecular weight excluding hydrogens is 458 g/mol. The molecule has 6 nitrogen and oxygen atoms in total. The molecule has 35 heavy (non-hydrogen) atoms. The minimum atomic E-state index is -0.505. The minimum Gasteiger partial charge on any atom is -0.467 e. The van der Waals surface area contributed by atoms with Gasteiger partial charge in [-0.3, -0.25) is 14.2 Å². The third kappa shape index (κ3) is 4.90. The molecule has 1 amide bonds. The number of rotatable bonds is 7. The molecule has 0 aliphatic heterocycles. The number of anilines is 1. The third-order valence-corrected chi connectivity index (χ3v) is 6.73. The van der Waals surface area contributed by atoms with Crippen molar-refractivity contribution in [3.8, 4) is 11.1 Å². The standard InChI is InChI=1S/C28H23N3O3S/c1-19(26(32)29-24-15-7-5-13-22(24)20-10-3-2-4-11-20)35-28-30-25-16-8-6-14-23(25)27(33)31(28)18-21-12-9-17-34-21/h2-17,19H,18H2,1H3,(H,29,32). The number of carbonyl (C=O) groups excluding carboxylic acids is 1. The van der Waals surface area contributed by atoms with Gasteiger partial charge >= 0.3 is 0 Å². The molecule has 0 bridgehead atoms. The minimum absolute atomic E-state index is 0.170. The number of nitrogens with zero attached hydrogens (tertiary/aromatic N) is 2. The van der Waals surface area contributed by atoms with Gasteiger partial charge in [0, 0.05) is 11.3 Å². The van der Waals surface area contributed by atoms with Crippen LogP contribution in [-0.4, -0.2) is 20.7 Å². The topological polar surface area (TPSA) is 77.1 Å². The second kappa shape index (κ2) is 10.0. The lowest BCUT2D eigenvalue weighted by Gasteiger charge is -2.17. The number of para-hydroxylation sites is 2. The van der Waals surface area contributed by atoms with E-state index in [1.165, 1.54) is 11.8 Å². The quantitative estimate of drug-likeness (QED) is 0.234. The zero-order chi connectivity index (χ0) is 24.2. The molecule has 1 atom stereocenters. The predicted molar refractivity (Wildman–Crippen MR) is 140 cm³/mol. The summed E-state index contributed by atoms with van der Waals surface area (Å²) in [6, 6.07) is 28.4. The van der Waals surface area contributed by atoms with Crippen LogP contribution in [0.25, 0.3) is 22.0 Å². The molecule has 0 spiro atoms. The summed E-state index contributed by atoms with van der Waals surface area (Å²) in [5.74, 6) is 0.463. The fourth-order valence-electron chi connectivity index (χ4n) is 3.84. The Morgan fingerprint density at radius 1 is 0.971 bits per heavy atom. The molecule has 0 fully saturated rings. The molecule has 0 aliphatic carbocycles.